The number of nitrogens with zero attached hydrogens (tertiary/aromatic N) is 1. The van der Waals surface area contributed by atoms with E-state index in [0.29, 0.717) is 19.4 Å². The van der Waals surface area contributed by atoms with E-state index in [1.807, 2.05) is 0 Å². The standard InChI is InChI=1S/C6H14N4O2.Li.H/c7-4(5(11)12)2-1-3-10-6(8)9;;/h4H,1-3,7H2,(H,11,12)(H4,8,9,10);;/q;+1;-1/t4-;;/m0../s1. The summed E-state index contributed by atoms with van der Waals surface area (Å²) in [6.45, 7) is 0.420. The fraction of sp³-hybridized carbons (Fsp3) is 0.667. The van der Waals surface area contributed by atoms with Crippen LogP contribution in [-0.4, -0.2) is 29.6 Å². The third-order valence-electron chi connectivity index (χ3n) is 1.28. The Hall–Kier alpha value is -0.703. The summed E-state index contributed by atoms with van der Waals surface area (Å²) in [4.78, 5) is 13.9. The van der Waals surface area contributed by atoms with Crippen LogP contribution in [0.25, 0.3) is 0 Å². The van der Waals surface area contributed by atoms with Crippen molar-refractivity contribution in [1.29, 1.82) is 0 Å². The van der Waals surface area contributed by atoms with Gasteiger partial charge in [-0.05, 0) is 12.8 Å². The quantitative estimate of drug-likeness (QED) is 0.148. The van der Waals surface area contributed by atoms with Gasteiger partial charge in [0.15, 0.2) is 5.96 Å². The van der Waals surface area contributed by atoms with Crippen LogP contribution in [0.1, 0.15) is 14.3 Å². The second-order valence-corrected chi connectivity index (χ2v) is 2.39. The maximum atomic E-state index is 10.2. The SMILES string of the molecule is NC(N)=NCCC[C@H](N)C(=O)O.[H-].[Li+]. The largest absolute Gasteiger partial charge is 1.00 e. The molecular weight excluding hydrogens is 167 g/mol. The molecule has 0 aliphatic rings. The van der Waals surface area contributed by atoms with E-state index < -0.39 is 12.0 Å². The number of carbonyl (C=O) groups is 1. The third-order valence-corrected chi connectivity index (χ3v) is 1.28. The summed E-state index contributed by atoms with van der Waals surface area (Å²) >= 11 is 0. The number of carboxylic acid groups (broad SMARTS) is 1. The molecule has 0 bridgehead atoms. The van der Waals surface area contributed by atoms with Crippen molar-refractivity contribution in [2.75, 3.05) is 6.54 Å². The molecule has 0 saturated carbocycles. The van der Waals surface area contributed by atoms with Crippen LogP contribution in [0.2, 0.25) is 0 Å². The second kappa shape index (κ2) is 7.92. The zero-order valence-electron chi connectivity index (χ0n) is 8.73. The maximum Gasteiger partial charge on any atom is 1.00 e. The Labute approximate surface area is 90.2 Å². The second-order valence-electron chi connectivity index (χ2n) is 2.39. The molecule has 0 fully saturated rings. The number of aliphatic imine (C=N–C) groups is 1. The van der Waals surface area contributed by atoms with Crippen LogP contribution < -0.4 is 36.1 Å². The van der Waals surface area contributed by atoms with Crippen LogP contribution in [0.5, 0.6) is 0 Å². The van der Waals surface area contributed by atoms with E-state index in [0.717, 1.165) is 0 Å². The molecule has 0 radical (unpaired) electrons. The molecule has 0 rings (SSSR count). The van der Waals surface area contributed by atoms with Gasteiger partial charge >= 0.3 is 24.8 Å². The normalized spacial score (nSPS) is 11.2. The van der Waals surface area contributed by atoms with Crippen molar-refractivity contribution < 1.29 is 30.2 Å². The van der Waals surface area contributed by atoms with Crippen LogP contribution in [0, 0.1) is 0 Å². The summed E-state index contributed by atoms with van der Waals surface area (Å²) < 4.78 is 0. The minimum Gasteiger partial charge on any atom is -1.00 e. The molecule has 6 nitrogen and oxygen atoms in total. The first-order chi connectivity index (χ1) is 5.54. The molecule has 0 aliphatic carbocycles. The number of hydrogen-bond acceptors (Lipinski definition) is 3. The number of nitrogens with two attached hydrogens (primary N) is 3. The molecule has 0 aromatic heterocycles. The Kier molecular flexibility index (Phi) is 9.02. The van der Waals surface area contributed by atoms with E-state index in [-0.39, 0.29) is 26.2 Å². The van der Waals surface area contributed by atoms with Crippen LogP contribution in [0.4, 0.5) is 0 Å². The molecule has 1 atom stereocenters. The Bertz CT molecular complexity index is 187. The molecule has 7 heteroatoms. The first kappa shape index (κ1) is 14.8. The van der Waals surface area contributed by atoms with Gasteiger partial charge in [-0.2, -0.15) is 0 Å². The van der Waals surface area contributed by atoms with Crippen LogP contribution in [0.15, 0.2) is 4.99 Å². The summed E-state index contributed by atoms with van der Waals surface area (Å²) in [6.07, 6.45) is 0.956. The molecule has 72 valence electrons. The van der Waals surface area contributed by atoms with Crippen molar-refractivity contribution in [3.63, 3.8) is 0 Å². The summed E-state index contributed by atoms with van der Waals surface area (Å²) in [5.74, 6) is -0.987. The Morgan fingerprint density at radius 1 is 1.54 bits per heavy atom. The summed E-state index contributed by atoms with van der Waals surface area (Å²) in [5.41, 5.74) is 15.3. The fourth-order valence-electron chi connectivity index (χ4n) is 0.643. The molecule has 0 spiro atoms. The molecular formula is C6H15LiN4O2. The molecule has 0 unspecified atom stereocenters. The molecule has 0 amide bonds. The van der Waals surface area contributed by atoms with Gasteiger partial charge in [0.05, 0.1) is 0 Å². The third kappa shape index (κ3) is 9.21. The van der Waals surface area contributed by atoms with Gasteiger partial charge in [0.2, 0.25) is 0 Å². The average molecular weight is 182 g/mol. The van der Waals surface area contributed by atoms with Crippen molar-refractivity contribution >= 4 is 11.9 Å². The van der Waals surface area contributed by atoms with Gasteiger partial charge in [-0.3, -0.25) is 9.79 Å². The minimum atomic E-state index is -1.00. The van der Waals surface area contributed by atoms with Crippen molar-refractivity contribution in [2.24, 2.45) is 22.2 Å². The average Bonchev–Trinajstić information content (AvgIpc) is 1.97. The molecule has 13 heavy (non-hydrogen) atoms. The zero-order valence-corrected chi connectivity index (χ0v) is 7.73. The van der Waals surface area contributed by atoms with E-state index >= 15 is 0 Å². The van der Waals surface area contributed by atoms with Crippen molar-refractivity contribution in [1.82, 2.24) is 0 Å². The fourth-order valence-corrected chi connectivity index (χ4v) is 0.643. The number of hydrogen-bond donors (Lipinski definition) is 4. The smallest absolute Gasteiger partial charge is 1.00 e. The Morgan fingerprint density at radius 2 is 2.08 bits per heavy atom. The van der Waals surface area contributed by atoms with E-state index in [9.17, 15) is 4.79 Å². The summed E-state index contributed by atoms with van der Waals surface area (Å²) in [5, 5.41) is 8.38. The predicted octanol–water partition coefficient (Wildman–Crippen LogP) is -4.43. The first-order valence-electron chi connectivity index (χ1n) is 3.58. The van der Waals surface area contributed by atoms with Gasteiger partial charge in [-0.25, -0.2) is 0 Å². The van der Waals surface area contributed by atoms with Crippen LogP contribution in [0.3, 0.4) is 0 Å². The molecule has 0 aromatic carbocycles. The van der Waals surface area contributed by atoms with Gasteiger partial charge in [0.1, 0.15) is 6.04 Å². The van der Waals surface area contributed by atoms with Gasteiger partial charge in [0, 0.05) is 6.54 Å². The van der Waals surface area contributed by atoms with Gasteiger partial charge in [-0.1, -0.05) is 0 Å². The van der Waals surface area contributed by atoms with E-state index in [2.05, 4.69) is 4.99 Å². The monoisotopic (exact) mass is 182 g/mol. The van der Waals surface area contributed by atoms with E-state index in [4.69, 9.17) is 22.3 Å². The van der Waals surface area contributed by atoms with Crippen molar-refractivity contribution in [3.05, 3.63) is 0 Å². The van der Waals surface area contributed by atoms with Gasteiger partial charge in [-0.15, -0.1) is 0 Å². The molecule has 0 saturated heterocycles. The zero-order chi connectivity index (χ0) is 9.56. The number of rotatable bonds is 5. The Balaban J connectivity index is -0.000000605. The molecule has 7 N–H and O–H groups in total. The summed E-state index contributed by atoms with van der Waals surface area (Å²) in [6, 6.07) is -0.820. The topological polar surface area (TPSA) is 128 Å². The van der Waals surface area contributed by atoms with Gasteiger partial charge < -0.3 is 23.7 Å². The Morgan fingerprint density at radius 3 is 2.46 bits per heavy atom. The molecule has 0 aromatic rings. The number of carboxylic acids is 1. The van der Waals surface area contributed by atoms with Crippen LogP contribution >= 0.6 is 0 Å². The predicted molar refractivity (Wildman–Crippen MR) is 46.6 cm³/mol. The number of aliphatic carboxylic acids is 1. The van der Waals surface area contributed by atoms with Crippen LogP contribution in [-0.2, 0) is 4.79 Å². The van der Waals surface area contributed by atoms with Gasteiger partial charge in [0.25, 0.3) is 0 Å². The molecule has 0 aliphatic heterocycles. The van der Waals surface area contributed by atoms with Crippen molar-refractivity contribution in [3.8, 4) is 0 Å². The first-order valence-corrected chi connectivity index (χ1v) is 3.58. The number of guanidine groups is 1. The van der Waals surface area contributed by atoms with Crippen molar-refractivity contribution in [2.45, 2.75) is 18.9 Å². The summed E-state index contributed by atoms with van der Waals surface area (Å²) in [7, 11) is 0. The molecule has 0 heterocycles. The maximum absolute atomic E-state index is 10.2. The van der Waals surface area contributed by atoms with E-state index in [1.165, 1.54) is 0 Å². The van der Waals surface area contributed by atoms with E-state index in [1.54, 1.807) is 0 Å². The minimum absolute atomic E-state index is 0.